The van der Waals surface area contributed by atoms with Gasteiger partial charge >= 0.3 is 5.69 Å². The first-order chi connectivity index (χ1) is 15.3. The van der Waals surface area contributed by atoms with Gasteiger partial charge in [-0.3, -0.25) is 10.1 Å². The van der Waals surface area contributed by atoms with Crippen LogP contribution >= 0.6 is 0 Å². The Morgan fingerprint density at radius 2 is 1.81 bits per heavy atom. The molecule has 0 aromatic heterocycles. The topological polar surface area (TPSA) is 120 Å². The fourth-order valence-electron chi connectivity index (χ4n) is 2.68. The second-order valence-electron chi connectivity index (χ2n) is 6.41. The molecule has 1 N–H and O–H groups in total. The van der Waals surface area contributed by atoms with Crippen LogP contribution in [0.25, 0.3) is 0 Å². The van der Waals surface area contributed by atoms with Gasteiger partial charge in [-0.2, -0.15) is 13.5 Å². The third kappa shape index (κ3) is 5.58. The number of nitro benzene ring substituents is 1. The van der Waals surface area contributed by atoms with Crippen LogP contribution < -0.4 is 14.3 Å². The highest BCUT2D eigenvalue weighted by Gasteiger charge is 2.22. The third-order valence-corrected chi connectivity index (χ3v) is 5.45. The van der Waals surface area contributed by atoms with E-state index in [1.165, 1.54) is 19.2 Å². The highest BCUT2D eigenvalue weighted by molar-refractivity contribution is 7.89. The molecule has 0 saturated heterocycles. The van der Waals surface area contributed by atoms with Gasteiger partial charge in [-0.1, -0.05) is 30.3 Å². The summed E-state index contributed by atoms with van der Waals surface area (Å²) >= 11 is 0. The number of benzene rings is 3. The van der Waals surface area contributed by atoms with E-state index in [9.17, 15) is 22.9 Å². The molecule has 0 bridgehead atoms. The Kier molecular flexibility index (Phi) is 7.00. The Hall–Kier alpha value is -3.99. The molecule has 166 valence electrons. The van der Waals surface area contributed by atoms with Crippen molar-refractivity contribution >= 4 is 21.9 Å². The van der Waals surface area contributed by atoms with E-state index in [1.807, 2.05) is 35.2 Å². The number of sulfonamides is 1. The maximum absolute atomic E-state index is 13.0. The van der Waals surface area contributed by atoms with E-state index in [4.69, 9.17) is 9.47 Å². The number of hydrogen-bond acceptors (Lipinski definition) is 7. The number of hydrazone groups is 1. The fourth-order valence-corrected chi connectivity index (χ4v) is 3.47. The molecule has 0 aliphatic rings. The van der Waals surface area contributed by atoms with Crippen molar-refractivity contribution < 1.29 is 27.2 Å². The van der Waals surface area contributed by atoms with Crippen molar-refractivity contribution in [2.24, 2.45) is 5.10 Å². The molecule has 0 atom stereocenters. The van der Waals surface area contributed by atoms with Crippen molar-refractivity contribution in [1.29, 1.82) is 0 Å². The van der Waals surface area contributed by atoms with Crippen molar-refractivity contribution in [3.05, 3.63) is 93.8 Å². The van der Waals surface area contributed by atoms with Crippen LogP contribution in [-0.2, 0) is 16.6 Å². The van der Waals surface area contributed by atoms with Crippen molar-refractivity contribution in [3.63, 3.8) is 0 Å². The molecular formula is C21H18FN3O6S. The van der Waals surface area contributed by atoms with Gasteiger partial charge in [0.1, 0.15) is 12.4 Å². The number of hydrogen-bond donors (Lipinski definition) is 1. The van der Waals surface area contributed by atoms with Gasteiger partial charge in [0.25, 0.3) is 10.0 Å². The summed E-state index contributed by atoms with van der Waals surface area (Å²) in [5.74, 6) is -0.565. The first kappa shape index (κ1) is 22.7. The number of nitro groups is 1. The van der Waals surface area contributed by atoms with E-state index in [0.717, 1.165) is 36.0 Å². The van der Waals surface area contributed by atoms with Gasteiger partial charge in [-0.15, -0.1) is 0 Å². The Morgan fingerprint density at radius 1 is 1.12 bits per heavy atom. The molecule has 11 heteroatoms. The lowest BCUT2D eigenvalue weighted by Crippen LogP contribution is -2.18. The average molecular weight is 459 g/mol. The molecule has 0 amide bonds. The minimum atomic E-state index is -4.04. The predicted octanol–water partition coefficient (Wildman–Crippen LogP) is 3.63. The molecule has 3 aromatic carbocycles. The maximum atomic E-state index is 13.0. The van der Waals surface area contributed by atoms with E-state index in [-0.39, 0.29) is 34.3 Å². The first-order valence-corrected chi connectivity index (χ1v) is 10.6. The zero-order chi connectivity index (χ0) is 23.1. The Labute approximate surface area is 183 Å². The van der Waals surface area contributed by atoms with Gasteiger partial charge in [0.05, 0.1) is 23.1 Å². The first-order valence-electron chi connectivity index (χ1n) is 9.14. The van der Waals surface area contributed by atoms with Crippen LogP contribution in [0, 0.1) is 15.9 Å². The molecule has 3 aromatic rings. The lowest BCUT2D eigenvalue weighted by atomic mass is 10.1. The monoisotopic (exact) mass is 459 g/mol. The lowest BCUT2D eigenvalue weighted by Gasteiger charge is -2.12. The van der Waals surface area contributed by atoms with Crippen molar-refractivity contribution in [2.75, 3.05) is 7.11 Å². The Balaban J connectivity index is 1.83. The van der Waals surface area contributed by atoms with Crippen molar-refractivity contribution in [2.45, 2.75) is 11.5 Å². The molecule has 0 aliphatic heterocycles. The Morgan fingerprint density at radius 3 is 2.44 bits per heavy atom. The molecule has 0 fully saturated rings. The molecule has 32 heavy (non-hydrogen) atoms. The van der Waals surface area contributed by atoms with E-state index < -0.39 is 20.8 Å². The van der Waals surface area contributed by atoms with Gasteiger partial charge in [-0.25, -0.2) is 9.22 Å². The lowest BCUT2D eigenvalue weighted by molar-refractivity contribution is -0.386. The van der Waals surface area contributed by atoms with Crippen molar-refractivity contribution in [3.8, 4) is 11.5 Å². The maximum Gasteiger partial charge on any atom is 0.315 e. The molecule has 0 aliphatic carbocycles. The molecule has 0 radical (unpaired) electrons. The minimum absolute atomic E-state index is 0.0644. The summed E-state index contributed by atoms with van der Waals surface area (Å²) in [6.07, 6.45) is 1.08. The number of ether oxygens (including phenoxy) is 2. The molecule has 0 spiro atoms. The zero-order valence-corrected chi connectivity index (χ0v) is 17.6. The summed E-state index contributed by atoms with van der Waals surface area (Å²) in [5.41, 5.74) is 0.634. The summed E-state index contributed by atoms with van der Waals surface area (Å²) in [7, 11) is -2.72. The van der Waals surface area contributed by atoms with Crippen LogP contribution in [0.2, 0.25) is 0 Å². The average Bonchev–Trinajstić information content (AvgIpc) is 2.78. The van der Waals surface area contributed by atoms with Gasteiger partial charge in [0, 0.05) is 11.6 Å². The van der Waals surface area contributed by atoms with Gasteiger partial charge in [0.2, 0.25) is 5.75 Å². The standard InChI is InChI=1S/C21H18FN3O6S/c1-30-20-12-16(13-23-24-32(28,29)18-9-7-17(22)8-10-18)11-19(25(26)27)21(20)31-14-15-5-3-2-4-6-15/h2-13,24H,14H2,1H3/b23-13+. The normalized spacial score (nSPS) is 11.3. The number of rotatable bonds is 9. The highest BCUT2D eigenvalue weighted by atomic mass is 32.2. The molecule has 9 nitrogen and oxygen atoms in total. The molecule has 3 rings (SSSR count). The van der Waals surface area contributed by atoms with E-state index in [1.54, 1.807) is 0 Å². The number of nitrogens with one attached hydrogen (secondary N) is 1. The van der Waals surface area contributed by atoms with E-state index in [2.05, 4.69) is 5.10 Å². The highest BCUT2D eigenvalue weighted by Crippen LogP contribution is 2.38. The molecular weight excluding hydrogens is 441 g/mol. The summed E-state index contributed by atoms with van der Waals surface area (Å²) in [6.45, 7) is 0.0863. The van der Waals surface area contributed by atoms with Crippen LogP contribution in [0.15, 0.2) is 76.7 Å². The van der Waals surface area contributed by atoms with Crippen LogP contribution in [0.3, 0.4) is 0 Å². The predicted molar refractivity (Wildman–Crippen MR) is 115 cm³/mol. The van der Waals surface area contributed by atoms with Gasteiger partial charge in [0.15, 0.2) is 5.75 Å². The van der Waals surface area contributed by atoms with Crippen LogP contribution in [-0.4, -0.2) is 26.7 Å². The van der Waals surface area contributed by atoms with Gasteiger partial charge < -0.3 is 9.47 Å². The smallest absolute Gasteiger partial charge is 0.315 e. The molecule has 0 heterocycles. The van der Waals surface area contributed by atoms with Crippen LogP contribution in [0.1, 0.15) is 11.1 Å². The quantitative estimate of drug-likeness (QED) is 0.296. The minimum Gasteiger partial charge on any atom is -0.493 e. The molecule has 0 saturated carbocycles. The Bertz CT molecular complexity index is 1230. The zero-order valence-electron chi connectivity index (χ0n) is 16.8. The second kappa shape index (κ2) is 9.88. The number of halogens is 1. The van der Waals surface area contributed by atoms with E-state index in [0.29, 0.717) is 0 Å². The van der Waals surface area contributed by atoms with Crippen LogP contribution in [0.4, 0.5) is 10.1 Å². The summed E-state index contributed by atoms with van der Waals surface area (Å²) < 4.78 is 48.3. The van der Waals surface area contributed by atoms with Crippen LogP contribution in [0.5, 0.6) is 11.5 Å². The van der Waals surface area contributed by atoms with Crippen molar-refractivity contribution in [1.82, 2.24) is 4.83 Å². The summed E-state index contributed by atoms with van der Waals surface area (Å²) in [5, 5.41) is 15.2. The fraction of sp³-hybridized carbons (Fsp3) is 0.0952. The van der Waals surface area contributed by atoms with E-state index >= 15 is 0 Å². The van der Waals surface area contributed by atoms with Gasteiger partial charge in [-0.05, 0) is 35.9 Å². The third-order valence-electron chi connectivity index (χ3n) is 4.21. The SMILES string of the molecule is COc1cc(/C=N/NS(=O)(=O)c2ccc(F)cc2)cc([N+](=O)[O-])c1OCc1ccccc1. The number of methoxy groups -OCH3 is 1. The largest absolute Gasteiger partial charge is 0.493 e. The summed E-state index contributed by atoms with van der Waals surface area (Å²) in [4.78, 5) is 12.7. The second-order valence-corrected chi connectivity index (χ2v) is 8.07. The number of nitrogens with zero attached hydrogens (tertiary/aromatic N) is 2. The summed E-state index contributed by atoms with van der Waals surface area (Å²) in [6, 6.07) is 15.9. The molecule has 0 unspecified atom stereocenters.